The van der Waals surface area contributed by atoms with Crippen LogP contribution in [-0.4, -0.2) is 21.3 Å². The highest BCUT2D eigenvalue weighted by molar-refractivity contribution is 5.81. The Bertz CT molecular complexity index is 981. The molecule has 4 rings (SSSR count). The zero-order valence-electron chi connectivity index (χ0n) is 11.4. The number of nitriles is 1. The van der Waals surface area contributed by atoms with Gasteiger partial charge in [-0.15, -0.1) is 0 Å². The van der Waals surface area contributed by atoms with Gasteiger partial charge in [-0.05, 0) is 17.7 Å². The van der Waals surface area contributed by atoms with Gasteiger partial charge in [0.1, 0.15) is 17.1 Å². The third-order valence-corrected chi connectivity index (χ3v) is 3.57. The van der Waals surface area contributed by atoms with Gasteiger partial charge in [0.05, 0.1) is 11.9 Å². The molecule has 1 aliphatic rings. The van der Waals surface area contributed by atoms with E-state index in [2.05, 4.69) is 16.0 Å². The number of hydrogen-bond acceptors (Lipinski definition) is 5. The summed E-state index contributed by atoms with van der Waals surface area (Å²) < 4.78 is 12.3. The number of H-pyrrole nitrogens is 1. The molecule has 7 heteroatoms. The average Bonchev–Trinajstić information content (AvgIpc) is 3.12. The summed E-state index contributed by atoms with van der Waals surface area (Å²) in [5, 5.41) is 9.18. The second-order valence-corrected chi connectivity index (χ2v) is 4.90. The van der Waals surface area contributed by atoms with Crippen LogP contribution in [0.25, 0.3) is 11.0 Å². The maximum absolute atomic E-state index is 12.0. The van der Waals surface area contributed by atoms with Crippen LogP contribution in [0, 0.1) is 11.3 Å². The van der Waals surface area contributed by atoms with Gasteiger partial charge in [0.15, 0.2) is 11.5 Å². The van der Waals surface area contributed by atoms with Crippen molar-refractivity contribution in [3.05, 3.63) is 52.2 Å². The van der Waals surface area contributed by atoms with Crippen LogP contribution >= 0.6 is 0 Å². The van der Waals surface area contributed by atoms with Crippen molar-refractivity contribution in [2.24, 2.45) is 0 Å². The van der Waals surface area contributed by atoms with Crippen LogP contribution in [0.1, 0.15) is 11.1 Å². The van der Waals surface area contributed by atoms with Gasteiger partial charge < -0.3 is 19.0 Å². The molecule has 0 unspecified atom stereocenters. The van der Waals surface area contributed by atoms with Gasteiger partial charge >= 0.3 is 0 Å². The standard InChI is InChI=1S/C15H10N4O3/c16-4-10-6-19(14-13(10)17-7-18-15(14)20)5-9-1-2-11-12(3-9)22-8-21-11/h1-3,6-7H,5,8H2,(H,17,18,20). The van der Waals surface area contributed by atoms with Gasteiger partial charge in [-0.2, -0.15) is 5.26 Å². The molecule has 0 amide bonds. The van der Waals surface area contributed by atoms with Crippen molar-refractivity contribution < 1.29 is 9.47 Å². The van der Waals surface area contributed by atoms with Gasteiger partial charge in [-0.1, -0.05) is 6.07 Å². The van der Waals surface area contributed by atoms with Crippen molar-refractivity contribution in [2.75, 3.05) is 6.79 Å². The van der Waals surface area contributed by atoms with Gasteiger partial charge in [-0.25, -0.2) is 4.98 Å². The molecular weight excluding hydrogens is 284 g/mol. The third kappa shape index (κ3) is 1.82. The molecule has 0 spiro atoms. The molecule has 1 aliphatic heterocycles. The maximum atomic E-state index is 12.0. The van der Waals surface area contributed by atoms with Crippen molar-refractivity contribution in [1.82, 2.24) is 14.5 Å². The molecule has 0 aliphatic carbocycles. The molecule has 1 aromatic carbocycles. The average molecular weight is 294 g/mol. The SMILES string of the molecule is N#Cc1cn(Cc2ccc3c(c2)OCO3)c2c(=O)[nH]cnc12. The molecule has 0 radical (unpaired) electrons. The first-order valence-electron chi connectivity index (χ1n) is 6.61. The van der Waals surface area contributed by atoms with E-state index in [1.165, 1.54) is 6.33 Å². The fraction of sp³-hybridized carbons (Fsp3) is 0.133. The number of aromatic amines is 1. The maximum Gasteiger partial charge on any atom is 0.275 e. The molecule has 108 valence electrons. The van der Waals surface area contributed by atoms with E-state index < -0.39 is 0 Å². The summed E-state index contributed by atoms with van der Waals surface area (Å²) in [7, 11) is 0. The van der Waals surface area contributed by atoms with Crippen molar-refractivity contribution in [3.63, 3.8) is 0 Å². The molecule has 2 aromatic heterocycles. The van der Waals surface area contributed by atoms with Crippen LogP contribution in [-0.2, 0) is 6.54 Å². The molecule has 22 heavy (non-hydrogen) atoms. The highest BCUT2D eigenvalue weighted by Gasteiger charge is 2.16. The van der Waals surface area contributed by atoms with E-state index in [4.69, 9.17) is 9.47 Å². The molecule has 7 nitrogen and oxygen atoms in total. The Hall–Kier alpha value is -3.27. The molecule has 3 heterocycles. The van der Waals surface area contributed by atoms with Crippen LogP contribution in [0.2, 0.25) is 0 Å². The minimum absolute atomic E-state index is 0.216. The Morgan fingerprint density at radius 2 is 2.23 bits per heavy atom. The Balaban J connectivity index is 1.82. The van der Waals surface area contributed by atoms with E-state index in [0.717, 1.165) is 5.56 Å². The van der Waals surface area contributed by atoms with Gasteiger partial charge in [0.2, 0.25) is 6.79 Å². The van der Waals surface area contributed by atoms with E-state index in [1.807, 2.05) is 18.2 Å². The largest absolute Gasteiger partial charge is 0.454 e. The molecule has 0 atom stereocenters. The molecule has 0 fully saturated rings. The lowest BCUT2D eigenvalue weighted by atomic mass is 10.2. The van der Waals surface area contributed by atoms with Crippen molar-refractivity contribution in [2.45, 2.75) is 6.54 Å². The number of nitrogens with zero attached hydrogens (tertiary/aromatic N) is 3. The van der Waals surface area contributed by atoms with E-state index in [9.17, 15) is 10.1 Å². The lowest BCUT2D eigenvalue weighted by Crippen LogP contribution is -2.11. The van der Waals surface area contributed by atoms with Crippen LogP contribution < -0.4 is 15.0 Å². The molecule has 1 N–H and O–H groups in total. The van der Waals surface area contributed by atoms with E-state index in [1.54, 1.807) is 10.8 Å². The summed E-state index contributed by atoms with van der Waals surface area (Å²) >= 11 is 0. The van der Waals surface area contributed by atoms with Gasteiger partial charge in [-0.3, -0.25) is 4.79 Å². The Labute approximate surface area is 124 Å². The summed E-state index contributed by atoms with van der Waals surface area (Å²) in [4.78, 5) is 18.7. The van der Waals surface area contributed by atoms with Crippen LogP contribution in [0.15, 0.2) is 35.5 Å². The Morgan fingerprint density at radius 3 is 3.09 bits per heavy atom. The van der Waals surface area contributed by atoms with Crippen molar-refractivity contribution in [3.8, 4) is 17.6 Å². The summed E-state index contributed by atoms with van der Waals surface area (Å²) in [5.41, 5.74) is 1.84. The van der Waals surface area contributed by atoms with Crippen molar-refractivity contribution >= 4 is 11.0 Å². The fourth-order valence-electron chi connectivity index (χ4n) is 2.58. The zero-order chi connectivity index (χ0) is 15.1. The smallest absolute Gasteiger partial charge is 0.275 e. The first-order valence-corrected chi connectivity index (χ1v) is 6.61. The Morgan fingerprint density at radius 1 is 1.36 bits per heavy atom. The molecule has 0 saturated carbocycles. The normalized spacial score (nSPS) is 12.5. The second-order valence-electron chi connectivity index (χ2n) is 4.90. The number of rotatable bonds is 2. The Kier molecular flexibility index (Phi) is 2.63. The van der Waals surface area contributed by atoms with E-state index in [0.29, 0.717) is 34.6 Å². The van der Waals surface area contributed by atoms with Gasteiger partial charge in [0, 0.05) is 12.7 Å². The second kappa shape index (κ2) is 4.63. The van der Waals surface area contributed by atoms with E-state index in [-0.39, 0.29) is 12.4 Å². The van der Waals surface area contributed by atoms with Crippen LogP contribution in [0.5, 0.6) is 11.5 Å². The van der Waals surface area contributed by atoms with Crippen molar-refractivity contribution in [1.29, 1.82) is 5.26 Å². The number of hydrogen-bond donors (Lipinski definition) is 1. The predicted octanol–water partition coefficient (Wildman–Crippen LogP) is 1.37. The predicted molar refractivity (Wildman–Crippen MR) is 76.7 cm³/mol. The monoisotopic (exact) mass is 294 g/mol. The van der Waals surface area contributed by atoms with Crippen LogP contribution in [0.4, 0.5) is 0 Å². The summed E-state index contributed by atoms with van der Waals surface area (Å²) in [5.74, 6) is 1.39. The third-order valence-electron chi connectivity index (χ3n) is 3.57. The highest BCUT2D eigenvalue weighted by atomic mass is 16.7. The van der Waals surface area contributed by atoms with E-state index >= 15 is 0 Å². The number of ether oxygens (including phenoxy) is 2. The summed E-state index contributed by atoms with van der Waals surface area (Å²) in [6, 6.07) is 7.66. The number of nitrogens with one attached hydrogen (secondary N) is 1. The highest BCUT2D eigenvalue weighted by Crippen LogP contribution is 2.32. The van der Waals surface area contributed by atoms with Crippen LogP contribution in [0.3, 0.4) is 0 Å². The molecule has 0 saturated heterocycles. The zero-order valence-corrected chi connectivity index (χ0v) is 11.4. The first kappa shape index (κ1) is 12.5. The summed E-state index contributed by atoms with van der Waals surface area (Å²) in [6.07, 6.45) is 2.94. The molecule has 3 aromatic rings. The lowest BCUT2D eigenvalue weighted by molar-refractivity contribution is 0.174. The molecular formula is C15H10N4O3. The first-order chi connectivity index (χ1) is 10.8. The lowest BCUT2D eigenvalue weighted by Gasteiger charge is -2.05. The number of fused-ring (bicyclic) bond motifs is 2. The fourth-order valence-corrected chi connectivity index (χ4v) is 2.58. The quantitative estimate of drug-likeness (QED) is 0.770. The summed E-state index contributed by atoms with van der Waals surface area (Å²) in [6.45, 7) is 0.650. The molecule has 0 bridgehead atoms. The number of aromatic nitrogens is 3. The number of benzene rings is 1. The minimum Gasteiger partial charge on any atom is -0.454 e. The van der Waals surface area contributed by atoms with Gasteiger partial charge in [0.25, 0.3) is 5.56 Å². The minimum atomic E-state index is -0.271. The topological polar surface area (TPSA) is 92.9 Å².